The first-order valence-electron chi connectivity index (χ1n) is 6.42. The zero-order valence-corrected chi connectivity index (χ0v) is 11.3. The van der Waals surface area contributed by atoms with Gasteiger partial charge in [0.1, 0.15) is 11.6 Å². The fourth-order valence-corrected chi connectivity index (χ4v) is 1.94. The van der Waals surface area contributed by atoms with Crippen LogP contribution in [0.4, 0.5) is 14.5 Å². The molecule has 0 aliphatic rings. The zero-order chi connectivity index (χ0) is 15.4. The molecule has 1 aromatic heterocycles. The molecule has 21 heavy (non-hydrogen) atoms. The second-order valence-electron chi connectivity index (χ2n) is 4.51. The molecule has 110 valence electrons. The van der Waals surface area contributed by atoms with E-state index in [2.05, 4.69) is 10.3 Å². The number of carboxylic acid groups (broad SMARTS) is 1. The predicted octanol–water partition coefficient (Wildman–Crippen LogP) is 3.62. The number of carboxylic acids is 1. The van der Waals surface area contributed by atoms with Crippen molar-refractivity contribution in [3.05, 3.63) is 59.4 Å². The molecule has 2 N–H and O–H groups in total. The van der Waals surface area contributed by atoms with Crippen LogP contribution in [0.5, 0.6) is 0 Å². The highest BCUT2D eigenvalue weighted by Gasteiger charge is 2.15. The van der Waals surface area contributed by atoms with Gasteiger partial charge in [0.15, 0.2) is 0 Å². The van der Waals surface area contributed by atoms with E-state index in [1.54, 1.807) is 0 Å². The second-order valence-corrected chi connectivity index (χ2v) is 4.51. The molecule has 0 spiro atoms. The van der Waals surface area contributed by atoms with E-state index in [0.29, 0.717) is 12.1 Å². The number of nitrogens with one attached hydrogen (secondary N) is 1. The van der Waals surface area contributed by atoms with Crippen molar-refractivity contribution in [1.82, 2.24) is 4.98 Å². The van der Waals surface area contributed by atoms with Crippen LogP contribution in [0.25, 0.3) is 0 Å². The Labute approximate surface area is 120 Å². The number of pyridine rings is 1. The number of benzene rings is 1. The van der Waals surface area contributed by atoms with E-state index in [4.69, 9.17) is 5.11 Å². The number of hydrogen-bond donors (Lipinski definition) is 2. The summed E-state index contributed by atoms with van der Waals surface area (Å²) < 4.78 is 26.7. The minimum Gasteiger partial charge on any atom is -0.478 e. The summed E-state index contributed by atoms with van der Waals surface area (Å²) >= 11 is 0. The van der Waals surface area contributed by atoms with Gasteiger partial charge in [0.2, 0.25) is 0 Å². The SMILES string of the molecule is CCC(Nc1cc(C(=O)O)ccc1F)c1ccc(F)cn1. The third-order valence-corrected chi connectivity index (χ3v) is 3.06. The zero-order valence-electron chi connectivity index (χ0n) is 11.3. The smallest absolute Gasteiger partial charge is 0.335 e. The van der Waals surface area contributed by atoms with Crippen molar-refractivity contribution in [3.8, 4) is 0 Å². The van der Waals surface area contributed by atoms with E-state index in [1.165, 1.54) is 24.3 Å². The molecule has 1 unspecified atom stereocenters. The highest BCUT2D eigenvalue weighted by atomic mass is 19.1. The van der Waals surface area contributed by atoms with Crippen LogP contribution in [-0.4, -0.2) is 16.1 Å². The summed E-state index contributed by atoms with van der Waals surface area (Å²) in [5, 5.41) is 11.8. The van der Waals surface area contributed by atoms with Crippen LogP contribution in [0.15, 0.2) is 36.5 Å². The Morgan fingerprint density at radius 2 is 2.10 bits per heavy atom. The van der Waals surface area contributed by atoms with Gasteiger partial charge in [-0.25, -0.2) is 13.6 Å². The summed E-state index contributed by atoms with van der Waals surface area (Å²) in [6.07, 6.45) is 1.67. The molecule has 0 aliphatic carbocycles. The maximum atomic E-state index is 13.8. The van der Waals surface area contributed by atoms with Crippen LogP contribution in [-0.2, 0) is 0 Å². The summed E-state index contributed by atoms with van der Waals surface area (Å²) in [5.41, 5.74) is 0.618. The van der Waals surface area contributed by atoms with Gasteiger partial charge < -0.3 is 10.4 Å². The average Bonchev–Trinajstić information content (AvgIpc) is 2.47. The van der Waals surface area contributed by atoms with Crippen LogP contribution in [0.2, 0.25) is 0 Å². The third kappa shape index (κ3) is 3.53. The Kier molecular flexibility index (Phi) is 4.47. The first-order chi connectivity index (χ1) is 10.0. The van der Waals surface area contributed by atoms with Crippen molar-refractivity contribution in [2.75, 3.05) is 5.32 Å². The molecule has 6 heteroatoms. The fraction of sp³-hybridized carbons (Fsp3) is 0.200. The predicted molar refractivity (Wildman–Crippen MR) is 74.2 cm³/mol. The van der Waals surface area contributed by atoms with Gasteiger partial charge in [-0.15, -0.1) is 0 Å². The van der Waals surface area contributed by atoms with E-state index in [9.17, 15) is 13.6 Å². The van der Waals surface area contributed by atoms with Crippen LogP contribution in [0, 0.1) is 11.6 Å². The van der Waals surface area contributed by atoms with Crippen molar-refractivity contribution in [2.45, 2.75) is 19.4 Å². The van der Waals surface area contributed by atoms with Gasteiger partial charge in [-0.3, -0.25) is 4.98 Å². The lowest BCUT2D eigenvalue weighted by molar-refractivity contribution is 0.0697. The van der Waals surface area contributed by atoms with Gasteiger partial charge in [0, 0.05) is 0 Å². The summed E-state index contributed by atoms with van der Waals surface area (Å²) in [6.45, 7) is 1.86. The van der Waals surface area contributed by atoms with Gasteiger partial charge in [-0.05, 0) is 36.8 Å². The van der Waals surface area contributed by atoms with E-state index in [0.717, 1.165) is 12.3 Å². The third-order valence-electron chi connectivity index (χ3n) is 3.06. The van der Waals surface area contributed by atoms with Gasteiger partial charge in [0.25, 0.3) is 0 Å². The largest absolute Gasteiger partial charge is 0.478 e. The number of aromatic carboxylic acids is 1. The van der Waals surface area contributed by atoms with Crippen LogP contribution in [0.1, 0.15) is 35.4 Å². The number of aromatic nitrogens is 1. The molecular weight excluding hydrogens is 278 g/mol. The molecule has 0 saturated carbocycles. The lowest BCUT2D eigenvalue weighted by atomic mass is 10.1. The highest BCUT2D eigenvalue weighted by molar-refractivity contribution is 5.88. The Hall–Kier alpha value is -2.50. The van der Waals surface area contributed by atoms with Gasteiger partial charge >= 0.3 is 5.97 Å². The van der Waals surface area contributed by atoms with Crippen molar-refractivity contribution in [2.24, 2.45) is 0 Å². The fourth-order valence-electron chi connectivity index (χ4n) is 1.94. The molecule has 0 fully saturated rings. The number of carbonyl (C=O) groups is 1. The number of anilines is 1. The molecule has 0 amide bonds. The quantitative estimate of drug-likeness (QED) is 0.883. The maximum absolute atomic E-state index is 13.8. The highest BCUT2D eigenvalue weighted by Crippen LogP contribution is 2.24. The number of nitrogens with zero attached hydrogens (tertiary/aromatic N) is 1. The van der Waals surface area contributed by atoms with Crippen molar-refractivity contribution >= 4 is 11.7 Å². The molecule has 0 radical (unpaired) electrons. The minimum absolute atomic E-state index is 0.0131. The maximum Gasteiger partial charge on any atom is 0.335 e. The summed E-state index contributed by atoms with van der Waals surface area (Å²) in [4.78, 5) is 14.9. The molecule has 2 aromatic rings. The molecule has 4 nitrogen and oxygen atoms in total. The summed E-state index contributed by atoms with van der Waals surface area (Å²) in [5.74, 6) is -2.14. The number of halogens is 2. The van der Waals surface area contributed by atoms with Crippen molar-refractivity contribution in [3.63, 3.8) is 0 Å². The molecule has 0 saturated heterocycles. The van der Waals surface area contributed by atoms with Crippen LogP contribution >= 0.6 is 0 Å². The van der Waals surface area contributed by atoms with Crippen LogP contribution < -0.4 is 5.32 Å². The molecule has 2 rings (SSSR count). The molecule has 1 atom stereocenters. The molecule has 0 aliphatic heterocycles. The molecule has 0 bridgehead atoms. The Balaban J connectivity index is 2.28. The Morgan fingerprint density at radius 1 is 1.33 bits per heavy atom. The van der Waals surface area contributed by atoms with Crippen molar-refractivity contribution < 1.29 is 18.7 Å². The molecular formula is C15H14F2N2O2. The van der Waals surface area contributed by atoms with E-state index in [-0.39, 0.29) is 17.3 Å². The van der Waals surface area contributed by atoms with E-state index >= 15 is 0 Å². The van der Waals surface area contributed by atoms with Gasteiger partial charge in [-0.2, -0.15) is 0 Å². The lowest BCUT2D eigenvalue weighted by Gasteiger charge is -2.18. The molecule has 1 aromatic carbocycles. The number of hydrogen-bond acceptors (Lipinski definition) is 3. The Bertz CT molecular complexity index is 645. The second kappa shape index (κ2) is 6.30. The van der Waals surface area contributed by atoms with Crippen LogP contribution in [0.3, 0.4) is 0 Å². The van der Waals surface area contributed by atoms with E-state index < -0.39 is 17.6 Å². The first-order valence-corrected chi connectivity index (χ1v) is 6.42. The standard InChI is InChI=1S/C15H14F2N2O2/c1-2-12(13-6-4-10(16)8-18-13)19-14-7-9(15(20)21)3-5-11(14)17/h3-8,12,19H,2H2,1H3,(H,20,21). The van der Waals surface area contributed by atoms with Gasteiger partial charge in [-0.1, -0.05) is 6.92 Å². The average molecular weight is 292 g/mol. The first kappa shape index (κ1) is 14.9. The topological polar surface area (TPSA) is 62.2 Å². The summed E-state index contributed by atoms with van der Waals surface area (Å²) in [7, 11) is 0. The van der Waals surface area contributed by atoms with Gasteiger partial charge in [0.05, 0.1) is 29.2 Å². The Morgan fingerprint density at radius 3 is 2.67 bits per heavy atom. The molecule has 1 heterocycles. The lowest BCUT2D eigenvalue weighted by Crippen LogP contribution is -2.13. The monoisotopic (exact) mass is 292 g/mol. The summed E-state index contributed by atoms with van der Waals surface area (Å²) in [6, 6.07) is 5.95. The van der Waals surface area contributed by atoms with Crippen molar-refractivity contribution in [1.29, 1.82) is 0 Å². The van der Waals surface area contributed by atoms with E-state index in [1.807, 2.05) is 6.92 Å². The minimum atomic E-state index is -1.13. The normalized spacial score (nSPS) is 12.0. The number of rotatable bonds is 5.